The molecule has 1 saturated heterocycles. The number of nitrogens with zero attached hydrogens (tertiary/aromatic N) is 2. The van der Waals surface area contributed by atoms with Crippen molar-refractivity contribution in [1.29, 1.82) is 0 Å². The van der Waals surface area contributed by atoms with Gasteiger partial charge in [-0.3, -0.25) is 4.79 Å². The molecular formula is C13H17ClN2O4S. The Hall–Kier alpha value is -1.18. The van der Waals surface area contributed by atoms with Crippen molar-refractivity contribution in [2.24, 2.45) is 5.92 Å². The summed E-state index contributed by atoms with van der Waals surface area (Å²) in [5.74, 6) is -0.540. The Morgan fingerprint density at radius 1 is 1.43 bits per heavy atom. The third-order valence-corrected chi connectivity index (χ3v) is 4.95. The zero-order valence-corrected chi connectivity index (χ0v) is 13.2. The Morgan fingerprint density at radius 3 is 2.62 bits per heavy atom. The molecule has 1 aliphatic rings. The second kappa shape index (κ2) is 6.72. The van der Waals surface area contributed by atoms with E-state index in [1.807, 2.05) is 0 Å². The zero-order chi connectivity index (χ0) is 15.5. The summed E-state index contributed by atoms with van der Waals surface area (Å²) in [6.45, 7) is 0.873. The molecule has 1 aliphatic heterocycles. The molecule has 1 aromatic rings. The lowest BCUT2D eigenvalue weighted by Crippen LogP contribution is -2.40. The average molecular weight is 333 g/mol. The number of hydrogen-bond acceptors (Lipinski definition) is 5. The molecule has 6 nitrogen and oxygen atoms in total. The summed E-state index contributed by atoms with van der Waals surface area (Å²) in [6, 6.07) is 3.38. The number of pyridine rings is 1. The lowest BCUT2D eigenvalue weighted by atomic mass is 9.98. The number of carbonyl (C=O) groups excluding carboxylic acids is 1. The number of halogens is 1. The van der Waals surface area contributed by atoms with Gasteiger partial charge >= 0.3 is 5.97 Å². The van der Waals surface area contributed by atoms with Gasteiger partial charge in [0, 0.05) is 24.8 Å². The molecular weight excluding hydrogens is 316 g/mol. The van der Waals surface area contributed by atoms with E-state index in [4.69, 9.17) is 16.3 Å². The average Bonchev–Trinajstić information content (AvgIpc) is 2.45. The van der Waals surface area contributed by atoms with Gasteiger partial charge < -0.3 is 4.74 Å². The standard InChI is InChI=1S/C13H17ClN2O4S/c1-21(18,19)16-6-4-11(5-7-16)13(17)20-9-10-2-3-12(14)15-8-10/h2-3,8,11H,4-7,9H2,1H3. The molecule has 0 aliphatic carbocycles. The van der Waals surface area contributed by atoms with Crippen molar-refractivity contribution in [1.82, 2.24) is 9.29 Å². The van der Waals surface area contributed by atoms with Crippen LogP contribution in [0.1, 0.15) is 18.4 Å². The van der Waals surface area contributed by atoms with Gasteiger partial charge in [0.15, 0.2) is 0 Å². The number of sulfonamides is 1. The zero-order valence-electron chi connectivity index (χ0n) is 11.7. The molecule has 0 unspecified atom stereocenters. The lowest BCUT2D eigenvalue weighted by molar-refractivity contribution is -0.151. The predicted octanol–water partition coefficient (Wildman–Crippen LogP) is 1.45. The topological polar surface area (TPSA) is 76.6 Å². The molecule has 2 rings (SSSR count). The number of piperidine rings is 1. The Balaban J connectivity index is 1.81. The third kappa shape index (κ3) is 4.66. The second-order valence-electron chi connectivity index (χ2n) is 5.03. The molecule has 0 atom stereocenters. The normalized spacial score (nSPS) is 17.6. The summed E-state index contributed by atoms with van der Waals surface area (Å²) in [5, 5.41) is 0.387. The highest BCUT2D eigenvalue weighted by Gasteiger charge is 2.29. The predicted molar refractivity (Wildman–Crippen MR) is 78.2 cm³/mol. The van der Waals surface area contributed by atoms with Gasteiger partial charge in [0.2, 0.25) is 10.0 Å². The number of hydrogen-bond donors (Lipinski definition) is 0. The summed E-state index contributed by atoms with van der Waals surface area (Å²) in [6.07, 6.45) is 3.72. The molecule has 1 aromatic heterocycles. The van der Waals surface area contributed by atoms with Gasteiger partial charge in [0.1, 0.15) is 11.8 Å². The van der Waals surface area contributed by atoms with Crippen LogP contribution in [0.15, 0.2) is 18.3 Å². The maximum absolute atomic E-state index is 12.0. The Kier molecular flexibility index (Phi) is 5.18. The number of esters is 1. The molecule has 2 heterocycles. The van der Waals surface area contributed by atoms with Crippen LogP contribution in [0.4, 0.5) is 0 Å². The highest BCUT2D eigenvalue weighted by atomic mass is 35.5. The fourth-order valence-electron chi connectivity index (χ4n) is 2.19. The molecule has 21 heavy (non-hydrogen) atoms. The first-order chi connectivity index (χ1) is 9.86. The van der Waals surface area contributed by atoms with E-state index in [1.165, 1.54) is 10.6 Å². The van der Waals surface area contributed by atoms with Crippen LogP contribution in [-0.2, 0) is 26.2 Å². The van der Waals surface area contributed by atoms with E-state index in [0.717, 1.165) is 5.56 Å². The maximum atomic E-state index is 12.0. The number of ether oxygens (including phenoxy) is 1. The van der Waals surface area contributed by atoms with E-state index >= 15 is 0 Å². The highest BCUT2D eigenvalue weighted by Crippen LogP contribution is 2.21. The van der Waals surface area contributed by atoms with Gasteiger partial charge in [-0.25, -0.2) is 17.7 Å². The molecule has 0 saturated carbocycles. The van der Waals surface area contributed by atoms with Crippen molar-refractivity contribution >= 4 is 27.6 Å². The van der Waals surface area contributed by atoms with E-state index < -0.39 is 10.0 Å². The summed E-state index contributed by atoms with van der Waals surface area (Å²) in [5.41, 5.74) is 0.765. The minimum Gasteiger partial charge on any atom is -0.461 e. The highest BCUT2D eigenvalue weighted by molar-refractivity contribution is 7.88. The summed E-state index contributed by atoms with van der Waals surface area (Å²) >= 11 is 5.67. The first kappa shape index (κ1) is 16.2. The van der Waals surface area contributed by atoms with Crippen LogP contribution in [0.5, 0.6) is 0 Å². The Morgan fingerprint density at radius 2 is 2.10 bits per heavy atom. The van der Waals surface area contributed by atoms with Crippen LogP contribution in [0.2, 0.25) is 5.15 Å². The maximum Gasteiger partial charge on any atom is 0.309 e. The van der Waals surface area contributed by atoms with Crippen LogP contribution in [0.3, 0.4) is 0 Å². The van der Waals surface area contributed by atoms with Crippen molar-refractivity contribution in [2.75, 3.05) is 19.3 Å². The van der Waals surface area contributed by atoms with Gasteiger partial charge in [0.25, 0.3) is 0 Å². The smallest absolute Gasteiger partial charge is 0.309 e. The van der Waals surface area contributed by atoms with Crippen molar-refractivity contribution in [3.05, 3.63) is 29.0 Å². The molecule has 0 radical (unpaired) electrons. The van der Waals surface area contributed by atoms with Crippen LogP contribution in [-0.4, -0.2) is 43.0 Å². The molecule has 0 bridgehead atoms. The van der Waals surface area contributed by atoms with E-state index in [-0.39, 0.29) is 18.5 Å². The van der Waals surface area contributed by atoms with E-state index in [9.17, 15) is 13.2 Å². The first-order valence-electron chi connectivity index (χ1n) is 6.58. The van der Waals surface area contributed by atoms with Gasteiger partial charge in [0.05, 0.1) is 12.2 Å². The molecule has 116 valence electrons. The third-order valence-electron chi connectivity index (χ3n) is 3.43. The largest absolute Gasteiger partial charge is 0.461 e. The minimum absolute atomic E-state index is 0.148. The van der Waals surface area contributed by atoms with Crippen LogP contribution >= 0.6 is 11.6 Å². The molecule has 0 amide bonds. The monoisotopic (exact) mass is 332 g/mol. The van der Waals surface area contributed by atoms with Crippen molar-refractivity contribution in [3.8, 4) is 0 Å². The molecule has 1 fully saturated rings. The molecule has 0 spiro atoms. The number of rotatable bonds is 4. The SMILES string of the molecule is CS(=O)(=O)N1CCC(C(=O)OCc2ccc(Cl)nc2)CC1. The lowest BCUT2D eigenvalue weighted by Gasteiger charge is -2.28. The summed E-state index contributed by atoms with van der Waals surface area (Å²) in [4.78, 5) is 15.9. The van der Waals surface area contributed by atoms with Crippen LogP contribution in [0.25, 0.3) is 0 Å². The minimum atomic E-state index is -3.17. The fraction of sp³-hybridized carbons (Fsp3) is 0.538. The van der Waals surface area contributed by atoms with E-state index in [0.29, 0.717) is 31.1 Å². The molecule has 0 N–H and O–H groups in total. The number of aromatic nitrogens is 1. The second-order valence-corrected chi connectivity index (χ2v) is 7.40. The van der Waals surface area contributed by atoms with Gasteiger partial charge in [-0.05, 0) is 18.9 Å². The van der Waals surface area contributed by atoms with Gasteiger partial charge in [-0.15, -0.1) is 0 Å². The summed E-state index contributed by atoms with van der Waals surface area (Å²) in [7, 11) is -3.17. The van der Waals surface area contributed by atoms with Crippen molar-refractivity contribution in [3.63, 3.8) is 0 Å². The first-order valence-corrected chi connectivity index (χ1v) is 8.81. The molecule has 8 heteroatoms. The Bertz CT molecular complexity index is 595. The van der Waals surface area contributed by atoms with Gasteiger partial charge in [-0.1, -0.05) is 17.7 Å². The molecule has 0 aromatic carbocycles. The van der Waals surface area contributed by atoms with E-state index in [2.05, 4.69) is 4.98 Å². The summed E-state index contributed by atoms with van der Waals surface area (Å²) < 4.78 is 29.4. The Labute approximate surface area is 129 Å². The van der Waals surface area contributed by atoms with Crippen molar-refractivity contribution < 1.29 is 17.9 Å². The van der Waals surface area contributed by atoms with Gasteiger partial charge in [-0.2, -0.15) is 0 Å². The fourth-order valence-corrected chi connectivity index (χ4v) is 3.17. The van der Waals surface area contributed by atoms with E-state index in [1.54, 1.807) is 18.3 Å². The number of carbonyl (C=O) groups is 1. The van der Waals surface area contributed by atoms with Crippen LogP contribution < -0.4 is 0 Å². The van der Waals surface area contributed by atoms with Crippen LogP contribution in [0, 0.1) is 5.92 Å². The van der Waals surface area contributed by atoms with Crippen molar-refractivity contribution in [2.45, 2.75) is 19.4 Å². The quantitative estimate of drug-likeness (QED) is 0.616.